The third-order valence-electron chi connectivity index (χ3n) is 3.76. The van der Waals surface area contributed by atoms with Gasteiger partial charge in [-0.1, -0.05) is 12.1 Å². The molecule has 1 aromatic heterocycles. The first kappa shape index (κ1) is 15.5. The number of rotatable bonds is 5. The Balaban J connectivity index is 2.10. The molecule has 1 aromatic carbocycles. The number of hydrogen-bond acceptors (Lipinski definition) is 3. The van der Waals surface area contributed by atoms with Crippen LogP contribution in [-0.2, 0) is 13.6 Å². The third-order valence-corrected chi connectivity index (χ3v) is 3.76. The Hall–Kier alpha value is -1.88. The summed E-state index contributed by atoms with van der Waals surface area (Å²) >= 11 is 0. The molecule has 0 amide bonds. The fourth-order valence-electron chi connectivity index (χ4n) is 2.39. The van der Waals surface area contributed by atoms with Gasteiger partial charge in [0.1, 0.15) is 5.82 Å². The topological polar surface area (TPSA) is 39.1 Å². The lowest BCUT2D eigenvalue weighted by molar-refractivity contribution is 0.367. The third kappa shape index (κ3) is 3.24. The van der Waals surface area contributed by atoms with Crippen molar-refractivity contribution in [3.63, 3.8) is 0 Å². The first-order valence-electron chi connectivity index (χ1n) is 7.00. The molecule has 1 N–H and O–H groups in total. The van der Waals surface area contributed by atoms with E-state index in [4.69, 9.17) is 4.74 Å². The van der Waals surface area contributed by atoms with Crippen LogP contribution in [0.25, 0.3) is 0 Å². The average molecular weight is 291 g/mol. The molecule has 1 unspecified atom stereocenters. The first-order chi connectivity index (χ1) is 9.93. The van der Waals surface area contributed by atoms with E-state index >= 15 is 0 Å². The largest absolute Gasteiger partial charge is 0.481 e. The van der Waals surface area contributed by atoms with Gasteiger partial charge in [0.15, 0.2) is 0 Å². The standard InChI is InChI=1S/C16H22FN3O/c1-10-6-7-13(8-15(10)17)11(2)18-9-14-12(3)19-20(4)16(14)21-5/h6-8,11,18H,9H2,1-5H3. The minimum absolute atomic E-state index is 0.0458. The van der Waals surface area contributed by atoms with E-state index in [2.05, 4.69) is 10.4 Å². The number of nitrogens with one attached hydrogen (secondary N) is 1. The van der Waals surface area contributed by atoms with E-state index in [1.807, 2.05) is 27.0 Å². The highest BCUT2D eigenvalue weighted by Crippen LogP contribution is 2.22. The second kappa shape index (κ2) is 6.26. The van der Waals surface area contributed by atoms with Crippen molar-refractivity contribution in [2.45, 2.75) is 33.4 Å². The van der Waals surface area contributed by atoms with E-state index < -0.39 is 0 Å². The van der Waals surface area contributed by atoms with E-state index in [1.165, 1.54) is 0 Å². The van der Waals surface area contributed by atoms with E-state index in [9.17, 15) is 4.39 Å². The van der Waals surface area contributed by atoms with Crippen molar-refractivity contribution in [1.82, 2.24) is 15.1 Å². The van der Waals surface area contributed by atoms with Gasteiger partial charge in [-0.2, -0.15) is 5.10 Å². The highest BCUT2D eigenvalue weighted by atomic mass is 19.1. The summed E-state index contributed by atoms with van der Waals surface area (Å²) in [7, 11) is 3.49. The van der Waals surface area contributed by atoms with Gasteiger partial charge in [-0.3, -0.25) is 0 Å². The molecular weight excluding hydrogens is 269 g/mol. The predicted molar refractivity (Wildman–Crippen MR) is 80.9 cm³/mol. The fraction of sp³-hybridized carbons (Fsp3) is 0.438. The molecule has 2 rings (SSSR count). The number of halogens is 1. The Morgan fingerprint density at radius 2 is 2.10 bits per heavy atom. The van der Waals surface area contributed by atoms with E-state index in [-0.39, 0.29) is 11.9 Å². The molecule has 2 aromatic rings. The summed E-state index contributed by atoms with van der Waals surface area (Å²) in [6.45, 7) is 6.36. The Kier molecular flexibility index (Phi) is 4.63. The van der Waals surface area contributed by atoms with E-state index in [0.717, 1.165) is 22.7 Å². The first-order valence-corrected chi connectivity index (χ1v) is 7.00. The number of hydrogen-bond donors (Lipinski definition) is 1. The number of aromatic nitrogens is 2. The molecule has 1 atom stereocenters. The molecule has 0 saturated heterocycles. The number of aryl methyl sites for hydroxylation is 3. The number of nitrogens with zero attached hydrogens (tertiary/aromatic N) is 2. The van der Waals surface area contributed by atoms with Crippen molar-refractivity contribution in [2.75, 3.05) is 7.11 Å². The van der Waals surface area contributed by atoms with Crippen LogP contribution in [0.1, 0.15) is 35.3 Å². The second-order valence-corrected chi connectivity index (χ2v) is 5.31. The average Bonchev–Trinajstić information content (AvgIpc) is 2.72. The van der Waals surface area contributed by atoms with Crippen molar-refractivity contribution in [2.24, 2.45) is 7.05 Å². The number of benzene rings is 1. The summed E-state index contributed by atoms with van der Waals surface area (Å²) in [5.41, 5.74) is 3.55. The van der Waals surface area contributed by atoms with E-state index in [1.54, 1.807) is 30.8 Å². The van der Waals surface area contributed by atoms with Crippen molar-refractivity contribution in [3.05, 3.63) is 46.4 Å². The van der Waals surface area contributed by atoms with Crippen molar-refractivity contribution in [1.29, 1.82) is 0 Å². The van der Waals surface area contributed by atoms with Gasteiger partial charge in [0, 0.05) is 19.6 Å². The summed E-state index contributed by atoms with van der Waals surface area (Å²) in [5, 5.41) is 7.74. The van der Waals surface area contributed by atoms with E-state index in [0.29, 0.717) is 12.1 Å². The zero-order valence-electron chi connectivity index (χ0n) is 13.2. The highest BCUT2D eigenvalue weighted by Gasteiger charge is 2.15. The van der Waals surface area contributed by atoms with Crippen LogP contribution in [-0.4, -0.2) is 16.9 Å². The zero-order valence-corrected chi connectivity index (χ0v) is 13.2. The maximum absolute atomic E-state index is 13.6. The minimum Gasteiger partial charge on any atom is -0.481 e. The summed E-state index contributed by atoms with van der Waals surface area (Å²) in [6, 6.07) is 5.38. The normalized spacial score (nSPS) is 12.5. The van der Waals surface area contributed by atoms with Crippen LogP contribution in [0.5, 0.6) is 5.88 Å². The van der Waals surface area contributed by atoms with Crippen LogP contribution < -0.4 is 10.1 Å². The van der Waals surface area contributed by atoms with Crippen LogP contribution >= 0.6 is 0 Å². The maximum atomic E-state index is 13.6. The van der Waals surface area contributed by atoms with Crippen LogP contribution in [0.15, 0.2) is 18.2 Å². The molecule has 4 nitrogen and oxygen atoms in total. The zero-order chi connectivity index (χ0) is 15.6. The lowest BCUT2D eigenvalue weighted by Gasteiger charge is -2.15. The molecule has 114 valence electrons. The van der Waals surface area contributed by atoms with Crippen LogP contribution in [0.4, 0.5) is 4.39 Å². The summed E-state index contributed by atoms with van der Waals surface area (Å²) < 4.78 is 20.7. The van der Waals surface area contributed by atoms with Gasteiger partial charge in [-0.15, -0.1) is 0 Å². The van der Waals surface area contributed by atoms with Gasteiger partial charge in [-0.25, -0.2) is 9.07 Å². The summed E-state index contributed by atoms with van der Waals surface area (Å²) in [5.74, 6) is 0.582. The van der Waals surface area contributed by atoms with Gasteiger partial charge in [-0.05, 0) is 38.0 Å². The Labute approximate surface area is 124 Å². The molecule has 0 aliphatic carbocycles. The number of methoxy groups -OCH3 is 1. The molecule has 0 radical (unpaired) electrons. The molecule has 0 saturated carbocycles. The minimum atomic E-state index is -0.170. The molecule has 0 fully saturated rings. The smallest absolute Gasteiger partial charge is 0.216 e. The molecule has 0 spiro atoms. The molecule has 0 aliphatic heterocycles. The number of ether oxygens (including phenoxy) is 1. The quantitative estimate of drug-likeness (QED) is 0.920. The van der Waals surface area contributed by atoms with Crippen LogP contribution in [0, 0.1) is 19.7 Å². The fourth-order valence-corrected chi connectivity index (χ4v) is 2.39. The molecule has 1 heterocycles. The maximum Gasteiger partial charge on any atom is 0.216 e. The van der Waals surface area contributed by atoms with Crippen molar-refractivity contribution >= 4 is 0 Å². The Morgan fingerprint density at radius 1 is 1.38 bits per heavy atom. The predicted octanol–water partition coefficient (Wildman–Crippen LogP) is 3.04. The Morgan fingerprint density at radius 3 is 2.71 bits per heavy atom. The summed E-state index contributed by atoms with van der Waals surface area (Å²) in [6.07, 6.45) is 0. The van der Waals surface area contributed by atoms with Crippen molar-refractivity contribution < 1.29 is 9.13 Å². The van der Waals surface area contributed by atoms with Crippen LogP contribution in [0.2, 0.25) is 0 Å². The monoisotopic (exact) mass is 291 g/mol. The van der Waals surface area contributed by atoms with Crippen molar-refractivity contribution in [3.8, 4) is 5.88 Å². The highest BCUT2D eigenvalue weighted by molar-refractivity contribution is 5.31. The Bertz CT molecular complexity index is 637. The van der Waals surface area contributed by atoms with Crippen LogP contribution in [0.3, 0.4) is 0 Å². The molecular formula is C16H22FN3O. The molecule has 0 aliphatic rings. The van der Waals surface area contributed by atoms with Gasteiger partial charge in [0.2, 0.25) is 5.88 Å². The SMILES string of the molecule is COc1c(CNC(C)c2ccc(C)c(F)c2)c(C)nn1C. The van der Waals surface area contributed by atoms with Gasteiger partial charge in [0.05, 0.1) is 18.4 Å². The summed E-state index contributed by atoms with van der Waals surface area (Å²) in [4.78, 5) is 0. The van der Waals surface area contributed by atoms with Gasteiger partial charge >= 0.3 is 0 Å². The van der Waals surface area contributed by atoms with Gasteiger partial charge in [0.25, 0.3) is 0 Å². The van der Waals surface area contributed by atoms with Gasteiger partial charge < -0.3 is 10.1 Å². The second-order valence-electron chi connectivity index (χ2n) is 5.31. The lowest BCUT2D eigenvalue weighted by atomic mass is 10.1. The molecule has 21 heavy (non-hydrogen) atoms. The molecule has 0 bridgehead atoms. The lowest BCUT2D eigenvalue weighted by Crippen LogP contribution is -2.19. The molecule has 5 heteroatoms.